The van der Waals surface area contributed by atoms with Crippen LogP contribution in [0, 0.1) is 0 Å². The molecule has 2 saturated carbocycles. The molecule has 2 aromatic rings. The van der Waals surface area contributed by atoms with Gasteiger partial charge in [-0.05, 0) is 43.9 Å². The van der Waals surface area contributed by atoms with Crippen LogP contribution in [0.2, 0.25) is 0 Å². The van der Waals surface area contributed by atoms with Crippen molar-refractivity contribution in [3.8, 4) is 5.75 Å². The fraction of sp³-hybridized carbons (Fsp3) is 0.438. The fourth-order valence-electron chi connectivity index (χ4n) is 2.46. The summed E-state index contributed by atoms with van der Waals surface area (Å²) in [6, 6.07) is 4.28. The summed E-state index contributed by atoms with van der Waals surface area (Å²) in [5.41, 5.74) is 0.213. The zero-order valence-electron chi connectivity index (χ0n) is 14.1. The van der Waals surface area contributed by atoms with Crippen molar-refractivity contribution in [1.82, 2.24) is 14.9 Å². The molecule has 2 aliphatic rings. The van der Waals surface area contributed by atoms with Crippen LogP contribution in [0.4, 0.5) is 5.13 Å². The number of nitrogens with one attached hydrogen (secondary N) is 2. The highest BCUT2D eigenvalue weighted by molar-refractivity contribution is 7.89. The molecule has 0 saturated heterocycles. The Morgan fingerprint density at radius 3 is 2.65 bits per heavy atom. The third-order valence-electron chi connectivity index (χ3n) is 4.20. The monoisotopic (exact) mass is 394 g/mol. The van der Waals surface area contributed by atoms with Gasteiger partial charge in [-0.25, -0.2) is 13.1 Å². The number of amides is 1. The summed E-state index contributed by atoms with van der Waals surface area (Å²) in [6.07, 6.45) is 3.86. The summed E-state index contributed by atoms with van der Waals surface area (Å²) in [5.74, 6) is 0.222. The van der Waals surface area contributed by atoms with Crippen LogP contribution < -0.4 is 14.8 Å². The van der Waals surface area contributed by atoms with Crippen molar-refractivity contribution in [2.75, 3.05) is 12.4 Å². The number of carbonyl (C=O) groups is 1. The Hall–Kier alpha value is -2.04. The van der Waals surface area contributed by atoms with Crippen molar-refractivity contribution in [2.24, 2.45) is 0 Å². The predicted octanol–water partition coefficient (Wildman–Crippen LogP) is 2.12. The lowest BCUT2D eigenvalue weighted by Crippen LogP contribution is -2.26. The minimum Gasteiger partial charge on any atom is -0.495 e. The number of methoxy groups -OCH3 is 1. The molecule has 2 fully saturated rings. The summed E-state index contributed by atoms with van der Waals surface area (Å²) < 4.78 is 32.8. The van der Waals surface area contributed by atoms with Crippen molar-refractivity contribution < 1.29 is 17.9 Å². The van der Waals surface area contributed by atoms with Gasteiger partial charge in [-0.15, -0.1) is 10.2 Å². The van der Waals surface area contributed by atoms with E-state index >= 15 is 0 Å². The average Bonchev–Trinajstić information content (AvgIpc) is 3.55. The number of ether oxygens (including phenoxy) is 1. The summed E-state index contributed by atoms with van der Waals surface area (Å²) in [4.78, 5) is 12.4. The van der Waals surface area contributed by atoms with E-state index in [4.69, 9.17) is 4.74 Å². The molecule has 26 heavy (non-hydrogen) atoms. The standard InChI is InChI=1S/C16H18N4O4S2/c1-24-12-7-4-10(8-13(12)26(22,23)20-11-5-6-11)14(21)17-16-19-18-15(25-16)9-2-3-9/h4,7-9,11,20H,2-3,5-6H2,1H3,(H,17,19,21). The number of hydrogen-bond donors (Lipinski definition) is 2. The highest BCUT2D eigenvalue weighted by atomic mass is 32.2. The van der Waals surface area contributed by atoms with Gasteiger partial charge >= 0.3 is 0 Å². The average molecular weight is 394 g/mol. The number of sulfonamides is 1. The van der Waals surface area contributed by atoms with E-state index in [1.165, 1.54) is 36.6 Å². The van der Waals surface area contributed by atoms with Crippen molar-refractivity contribution in [2.45, 2.75) is 42.5 Å². The van der Waals surface area contributed by atoms with E-state index in [9.17, 15) is 13.2 Å². The lowest BCUT2D eigenvalue weighted by Gasteiger charge is -2.11. The van der Waals surface area contributed by atoms with Gasteiger partial charge in [0.05, 0.1) is 7.11 Å². The Morgan fingerprint density at radius 2 is 2.00 bits per heavy atom. The molecule has 1 aromatic carbocycles. The number of rotatable bonds is 7. The lowest BCUT2D eigenvalue weighted by atomic mass is 10.2. The van der Waals surface area contributed by atoms with Gasteiger partial charge in [-0.3, -0.25) is 10.1 Å². The first kappa shape index (κ1) is 17.4. The second kappa shape index (κ2) is 6.60. The van der Waals surface area contributed by atoms with Gasteiger partial charge in [0.1, 0.15) is 15.7 Å². The SMILES string of the molecule is COc1ccc(C(=O)Nc2nnc(C3CC3)s2)cc1S(=O)(=O)NC1CC1. The zero-order chi connectivity index (χ0) is 18.3. The Balaban J connectivity index is 1.56. The second-order valence-electron chi connectivity index (χ2n) is 6.44. The Morgan fingerprint density at radius 1 is 1.23 bits per heavy atom. The number of aromatic nitrogens is 2. The molecule has 0 aliphatic heterocycles. The summed E-state index contributed by atoms with van der Waals surface area (Å²) in [7, 11) is -2.35. The molecule has 138 valence electrons. The second-order valence-corrected chi connectivity index (χ2v) is 9.13. The highest BCUT2D eigenvalue weighted by Gasteiger charge is 2.31. The van der Waals surface area contributed by atoms with E-state index < -0.39 is 15.9 Å². The third-order valence-corrected chi connectivity index (χ3v) is 6.75. The largest absolute Gasteiger partial charge is 0.495 e. The van der Waals surface area contributed by atoms with Gasteiger partial charge in [-0.1, -0.05) is 11.3 Å². The fourth-order valence-corrected chi connectivity index (χ4v) is 4.87. The van der Waals surface area contributed by atoms with E-state index in [1.807, 2.05) is 0 Å². The predicted molar refractivity (Wildman–Crippen MR) is 96.2 cm³/mol. The molecule has 1 aromatic heterocycles. The van der Waals surface area contributed by atoms with Gasteiger partial charge in [0.2, 0.25) is 15.2 Å². The maximum Gasteiger partial charge on any atom is 0.257 e. The van der Waals surface area contributed by atoms with Crippen LogP contribution in [0.1, 0.15) is 47.0 Å². The normalized spacial score (nSPS) is 17.1. The molecule has 0 spiro atoms. The van der Waals surface area contributed by atoms with Gasteiger partial charge in [0.15, 0.2) is 0 Å². The molecule has 0 radical (unpaired) electrons. The van der Waals surface area contributed by atoms with Gasteiger partial charge in [0.25, 0.3) is 5.91 Å². The summed E-state index contributed by atoms with van der Waals surface area (Å²) >= 11 is 1.35. The van der Waals surface area contributed by atoms with Crippen LogP contribution >= 0.6 is 11.3 Å². The minimum atomic E-state index is -3.75. The van der Waals surface area contributed by atoms with Crippen molar-refractivity contribution in [3.05, 3.63) is 28.8 Å². The number of hydrogen-bond acceptors (Lipinski definition) is 7. The molecule has 10 heteroatoms. The van der Waals surface area contributed by atoms with Crippen LogP contribution in [0.5, 0.6) is 5.75 Å². The number of anilines is 1. The number of benzene rings is 1. The maximum absolute atomic E-state index is 12.5. The topological polar surface area (TPSA) is 110 Å². The third kappa shape index (κ3) is 3.71. The Kier molecular flexibility index (Phi) is 4.41. The minimum absolute atomic E-state index is 0.0376. The molecule has 0 bridgehead atoms. The first-order valence-corrected chi connectivity index (χ1v) is 10.6. The van der Waals surface area contributed by atoms with E-state index in [1.54, 1.807) is 0 Å². The molecule has 0 atom stereocenters. The van der Waals surface area contributed by atoms with Gasteiger partial charge in [-0.2, -0.15) is 0 Å². The first-order chi connectivity index (χ1) is 12.5. The summed E-state index contributed by atoms with van der Waals surface area (Å²) in [5, 5.41) is 12.1. The zero-order valence-corrected chi connectivity index (χ0v) is 15.7. The molecule has 8 nitrogen and oxygen atoms in total. The molecule has 1 heterocycles. The van der Waals surface area contributed by atoms with Crippen LogP contribution in [0.15, 0.2) is 23.1 Å². The van der Waals surface area contributed by atoms with Crippen LogP contribution in [0.3, 0.4) is 0 Å². The van der Waals surface area contributed by atoms with Crippen LogP contribution in [0.25, 0.3) is 0 Å². The van der Waals surface area contributed by atoms with Crippen molar-refractivity contribution >= 4 is 32.4 Å². The molecular weight excluding hydrogens is 376 g/mol. The summed E-state index contributed by atoms with van der Waals surface area (Å²) in [6.45, 7) is 0. The van der Waals surface area contributed by atoms with E-state index in [2.05, 4.69) is 20.2 Å². The van der Waals surface area contributed by atoms with Crippen molar-refractivity contribution in [1.29, 1.82) is 0 Å². The molecule has 2 N–H and O–H groups in total. The van der Waals surface area contributed by atoms with E-state index in [0.29, 0.717) is 11.0 Å². The van der Waals surface area contributed by atoms with E-state index in [0.717, 1.165) is 30.7 Å². The number of carbonyl (C=O) groups excluding carboxylic acids is 1. The van der Waals surface area contributed by atoms with Gasteiger partial charge < -0.3 is 4.74 Å². The maximum atomic E-state index is 12.5. The quantitative estimate of drug-likeness (QED) is 0.744. The molecule has 1 amide bonds. The Labute approximate surface area is 155 Å². The van der Waals surface area contributed by atoms with Crippen LogP contribution in [-0.4, -0.2) is 37.7 Å². The van der Waals surface area contributed by atoms with Crippen molar-refractivity contribution in [3.63, 3.8) is 0 Å². The first-order valence-electron chi connectivity index (χ1n) is 8.31. The van der Waals surface area contributed by atoms with E-state index in [-0.39, 0.29) is 22.3 Å². The molecule has 2 aliphatic carbocycles. The molecule has 4 rings (SSSR count). The van der Waals surface area contributed by atoms with Crippen LogP contribution in [-0.2, 0) is 10.0 Å². The smallest absolute Gasteiger partial charge is 0.257 e. The van der Waals surface area contributed by atoms with Gasteiger partial charge in [0, 0.05) is 17.5 Å². The lowest BCUT2D eigenvalue weighted by molar-refractivity contribution is 0.102. The molecule has 0 unspecified atom stereocenters. The molecular formula is C16H18N4O4S2. The highest BCUT2D eigenvalue weighted by Crippen LogP contribution is 2.42. The Bertz CT molecular complexity index is 949. The number of nitrogens with zero attached hydrogens (tertiary/aromatic N) is 2.